The molecule has 2 saturated carbocycles. The van der Waals surface area contributed by atoms with Gasteiger partial charge in [-0.15, -0.1) is 0 Å². The van der Waals surface area contributed by atoms with Gasteiger partial charge in [0.25, 0.3) is 5.56 Å². The number of pyridine rings is 1. The molecule has 2 aliphatic rings. The molecule has 264 valence electrons. The monoisotopic (exact) mass is 710 g/mol. The molecule has 2 aromatic heterocycles. The van der Waals surface area contributed by atoms with Crippen molar-refractivity contribution in [2.45, 2.75) is 70.6 Å². The van der Waals surface area contributed by atoms with Crippen molar-refractivity contribution >= 4 is 26.7 Å². The Labute approximate surface area is 279 Å². The molecule has 0 aliphatic heterocycles. The molecule has 0 amide bonds. The van der Waals surface area contributed by atoms with Gasteiger partial charge in [0.2, 0.25) is 0 Å². The molecule has 2 fully saturated rings. The Hall–Kier alpha value is -3.80. The van der Waals surface area contributed by atoms with Gasteiger partial charge in [-0.1, -0.05) is 13.8 Å². The minimum absolute atomic E-state index is 0.0951. The average molecular weight is 711 g/mol. The molecule has 1 aromatic carbocycles. The predicted octanol–water partition coefficient (Wildman–Crippen LogP) is 6.95. The first-order valence-electron chi connectivity index (χ1n) is 16.2. The third-order valence-corrected chi connectivity index (χ3v) is 12.0. The van der Waals surface area contributed by atoms with Crippen LogP contribution in [0.15, 0.2) is 47.4 Å². The van der Waals surface area contributed by atoms with E-state index in [1.807, 2.05) is 6.07 Å². The Bertz CT molecular complexity index is 1880. The topological polar surface area (TPSA) is 123 Å². The number of carbonyl (C=O) groups excluding carboxylic acids is 1. The van der Waals surface area contributed by atoms with Crippen LogP contribution in [0.2, 0.25) is 0 Å². The lowest BCUT2D eigenvalue weighted by atomic mass is 9.72. The van der Waals surface area contributed by atoms with Crippen LogP contribution < -0.4 is 5.56 Å². The first-order chi connectivity index (χ1) is 22.9. The fourth-order valence-corrected chi connectivity index (χ4v) is 8.54. The van der Waals surface area contributed by atoms with Crippen LogP contribution in [-0.2, 0) is 14.6 Å². The molecule has 15 heteroatoms. The SMILES string of the molecule is CCS(=O)(=O)CCC1C(CC(=O)CC2CC(C(F)(F)F)C[C@@H](C(F)(F)F)C2)C1[C@H](C)c1nc2ncccc2c(=O)n1-c1ccc(C#N)cc1. The normalized spacial score (nSPS) is 25.1. The van der Waals surface area contributed by atoms with Crippen LogP contribution in [0, 0.1) is 46.8 Å². The number of ketones is 1. The van der Waals surface area contributed by atoms with Crippen LogP contribution in [0.4, 0.5) is 26.3 Å². The Morgan fingerprint density at radius 1 is 1.00 bits per heavy atom. The fraction of sp³-hybridized carbons (Fsp3) is 0.559. The molecule has 0 N–H and O–H groups in total. The minimum atomic E-state index is -4.81. The number of rotatable bonds is 11. The number of hydrogen-bond donors (Lipinski definition) is 0. The van der Waals surface area contributed by atoms with Crippen molar-refractivity contribution in [1.29, 1.82) is 5.26 Å². The largest absolute Gasteiger partial charge is 0.391 e. The molecule has 3 aromatic rings. The number of nitriles is 1. The molecule has 5 rings (SSSR count). The summed E-state index contributed by atoms with van der Waals surface area (Å²) in [5.41, 5.74) is 0.520. The Kier molecular flexibility index (Phi) is 10.3. The summed E-state index contributed by atoms with van der Waals surface area (Å²) in [5.74, 6) is -7.52. The van der Waals surface area contributed by atoms with Crippen molar-refractivity contribution < 1.29 is 39.6 Å². The highest BCUT2D eigenvalue weighted by atomic mass is 32.2. The van der Waals surface area contributed by atoms with E-state index < -0.39 is 88.8 Å². The van der Waals surface area contributed by atoms with Gasteiger partial charge in [0.1, 0.15) is 21.4 Å². The Morgan fingerprint density at radius 3 is 2.20 bits per heavy atom. The lowest BCUT2D eigenvalue weighted by Gasteiger charge is -2.36. The van der Waals surface area contributed by atoms with Gasteiger partial charge in [0, 0.05) is 30.7 Å². The number of nitrogens with zero attached hydrogens (tertiary/aromatic N) is 4. The molecule has 49 heavy (non-hydrogen) atoms. The summed E-state index contributed by atoms with van der Waals surface area (Å²) in [6, 6.07) is 11.4. The smallest absolute Gasteiger partial charge is 0.300 e. The summed E-state index contributed by atoms with van der Waals surface area (Å²) >= 11 is 0. The summed E-state index contributed by atoms with van der Waals surface area (Å²) in [4.78, 5) is 36.2. The van der Waals surface area contributed by atoms with E-state index in [4.69, 9.17) is 4.98 Å². The number of benzene rings is 1. The maximum atomic E-state index is 13.8. The van der Waals surface area contributed by atoms with Gasteiger partial charge in [0.15, 0.2) is 5.65 Å². The van der Waals surface area contributed by atoms with E-state index in [9.17, 15) is 49.6 Å². The van der Waals surface area contributed by atoms with Gasteiger partial charge in [-0.2, -0.15) is 31.6 Å². The first kappa shape index (κ1) is 36.5. The zero-order valence-electron chi connectivity index (χ0n) is 26.8. The third kappa shape index (κ3) is 8.16. The van der Waals surface area contributed by atoms with Crippen LogP contribution in [0.5, 0.6) is 0 Å². The van der Waals surface area contributed by atoms with E-state index >= 15 is 0 Å². The molecule has 2 heterocycles. The number of hydrogen-bond acceptors (Lipinski definition) is 7. The molecule has 7 atom stereocenters. The van der Waals surface area contributed by atoms with Crippen molar-refractivity contribution in [3.8, 4) is 11.8 Å². The fourth-order valence-electron chi connectivity index (χ4n) is 7.62. The van der Waals surface area contributed by atoms with Crippen molar-refractivity contribution in [2.24, 2.45) is 35.5 Å². The van der Waals surface area contributed by atoms with E-state index in [2.05, 4.69) is 4.98 Å². The number of halogens is 6. The van der Waals surface area contributed by atoms with Crippen LogP contribution in [0.3, 0.4) is 0 Å². The standard InChI is InChI=1S/C34H36F6N4O4S/c1-3-49(47,48)12-10-26-28(17-25(45)15-21-13-22(33(35,36)37)16-23(14-21)34(38,39)40)29(26)19(2)31-43-30-27(5-4-11-42-30)32(46)44(31)24-8-6-20(18-41)7-9-24/h4-9,11,19,21-23,26,28-29H,3,10,12-17H2,1-2H3/t19-,21?,22-,23?,26?,28?,29?/m0/s1. The zero-order chi connectivity index (χ0) is 35.9. The Balaban J connectivity index is 1.45. The predicted molar refractivity (Wildman–Crippen MR) is 168 cm³/mol. The number of Topliss-reactive ketones (excluding diaryl/α,β-unsaturated/α-hetero) is 1. The second-order valence-corrected chi connectivity index (χ2v) is 15.8. The summed E-state index contributed by atoms with van der Waals surface area (Å²) in [6.07, 6.45) is -10.7. The summed E-state index contributed by atoms with van der Waals surface area (Å²) < 4.78 is 108. The van der Waals surface area contributed by atoms with Crippen molar-refractivity contribution in [1.82, 2.24) is 14.5 Å². The second-order valence-electron chi connectivity index (χ2n) is 13.4. The summed E-state index contributed by atoms with van der Waals surface area (Å²) in [6.45, 7) is 3.30. The minimum Gasteiger partial charge on any atom is -0.300 e. The lowest BCUT2D eigenvalue weighted by molar-refractivity contribution is -0.228. The molecule has 8 nitrogen and oxygen atoms in total. The molecule has 0 spiro atoms. The van der Waals surface area contributed by atoms with Gasteiger partial charge >= 0.3 is 12.4 Å². The summed E-state index contributed by atoms with van der Waals surface area (Å²) in [7, 11) is -3.40. The van der Waals surface area contributed by atoms with Gasteiger partial charge in [0.05, 0.1) is 40.3 Å². The van der Waals surface area contributed by atoms with Crippen molar-refractivity contribution in [2.75, 3.05) is 11.5 Å². The molecule has 0 radical (unpaired) electrons. The van der Waals surface area contributed by atoms with E-state index in [0.717, 1.165) is 0 Å². The zero-order valence-corrected chi connectivity index (χ0v) is 27.7. The van der Waals surface area contributed by atoms with Gasteiger partial charge in [-0.05, 0) is 85.8 Å². The van der Waals surface area contributed by atoms with E-state index in [-0.39, 0.29) is 53.0 Å². The lowest BCUT2D eigenvalue weighted by Crippen LogP contribution is -2.38. The number of alkyl halides is 6. The number of carbonyl (C=O) groups is 1. The van der Waals surface area contributed by atoms with Crippen LogP contribution in [0.1, 0.15) is 69.7 Å². The van der Waals surface area contributed by atoms with Crippen molar-refractivity contribution in [3.05, 3.63) is 64.3 Å². The first-order valence-corrected chi connectivity index (χ1v) is 18.0. The molecular formula is C34H36F6N4O4S. The molecular weight excluding hydrogens is 674 g/mol. The van der Waals surface area contributed by atoms with E-state index in [0.29, 0.717) is 11.3 Å². The van der Waals surface area contributed by atoms with E-state index in [1.54, 1.807) is 43.3 Å². The maximum absolute atomic E-state index is 13.8. The molecule has 0 saturated heterocycles. The highest BCUT2D eigenvalue weighted by molar-refractivity contribution is 7.91. The molecule has 2 aliphatic carbocycles. The molecule has 5 unspecified atom stereocenters. The van der Waals surface area contributed by atoms with E-state index in [1.165, 1.54) is 17.7 Å². The van der Waals surface area contributed by atoms with Gasteiger partial charge in [-0.25, -0.2) is 18.4 Å². The number of sulfone groups is 1. The number of fused-ring (bicyclic) bond motifs is 1. The van der Waals surface area contributed by atoms with Crippen LogP contribution in [-0.4, -0.2) is 52.6 Å². The quantitative estimate of drug-likeness (QED) is 0.198. The summed E-state index contributed by atoms with van der Waals surface area (Å²) in [5, 5.41) is 9.50. The van der Waals surface area contributed by atoms with Crippen LogP contribution >= 0.6 is 0 Å². The third-order valence-electron chi connectivity index (χ3n) is 10.2. The number of aromatic nitrogens is 3. The Morgan fingerprint density at radius 2 is 1.63 bits per heavy atom. The van der Waals surface area contributed by atoms with Crippen LogP contribution in [0.25, 0.3) is 16.7 Å². The van der Waals surface area contributed by atoms with Crippen molar-refractivity contribution in [3.63, 3.8) is 0 Å². The highest BCUT2D eigenvalue weighted by Gasteiger charge is 2.55. The average Bonchev–Trinajstić information content (AvgIpc) is 3.73. The molecule has 0 bridgehead atoms. The van der Waals surface area contributed by atoms with Gasteiger partial charge in [-0.3, -0.25) is 14.2 Å². The maximum Gasteiger partial charge on any atom is 0.391 e. The second kappa shape index (κ2) is 13.8. The van der Waals surface area contributed by atoms with Gasteiger partial charge < -0.3 is 0 Å². The highest BCUT2D eigenvalue weighted by Crippen LogP contribution is 2.58.